The van der Waals surface area contributed by atoms with Crippen LogP contribution in [-0.4, -0.2) is 44.3 Å². The van der Waals surface area contributed by atoms with Crippen molar-refractivity contribution in [3.8, 4) is 5.75 Å². The summed E-state index contributed by atoms with van der Waals surface area (Å²) in [5.41, 5.74) is 2.65. The van der Waals surface area contributed by atoms with E-state index in [1.54, 1.807) is 0 Å². The number of unbranched alkanes of at least 4 members (excludes halogenated alkanes) is 8. The Morgan fingerprint density at radius 1 is 0.757 bits per heavy atom. The minimum atomic E-state index is -0.123. The highest BCUT2D eigenvalue weighted by Gasteiger charge is 2.28. The molecule has 0 N–H and O–H groups in total. The average Bonchev–Trinajstić information content (AvgIpc) is 2.89. The molecule has 0 fully saturated rings. The van der Waals surface area contributed by atoms with Gasteiger partial charge in [-0.05, 0) is 37.0 Å². The van der Waals surface area contributed by atoms with E-state index >= 15 is 0 Å². The fourth-order valence-corrected chi connectivity index (χ4v) is 4.92. The van der Waals surface area contributed by atoms with E-state index in [0.29, 0.717) is 6.61 Å². The molecule has 0 aliphatic heterocycles. The van der Waals surface area contributed by atoms with Gasteiger partial charge in [-0.2, -0.15) is 0 Å². The van der Waals surface area contributed by atoms with Crippen molar-refractivity contribution < 1.29 is 18.8 Å². The van der Waals surface area contributed by atoms with Crippen molar-refractivity contribution in [3.63, 3.8) is 0 Å². The molecule has 0 saturated carbocycles. The summed E-state index contributed by atoms with van der Waals surface area (Å²) in [5.74, 6) is 0.598. The predicted molar refractivity (Wildman–Crippen MR) is 155 cm³/mol. The zero-order valence-electron chi connectivity index (χ0n) is 24.1. The zero-order chi connectivity index (χ0) is 26.8. The maximum absolute atomic E-state index is 12.7. The molecule has 2 aromatic carbocycles. The largest absolute Gasteiger partial charge is 0.490 e. The summed E-state index contributed by atoms with van der Waals surface area (Å²) >= 11 is 0. The van der Waals surface area contributed by atoms with Crippen LogP contribution in [0.3, 0.4) is 0 Å². The first-order valence-electron chi connectivity index (χ1n) is 14.7. The van der Waals surface area contributed by atoms with Crippen LogP contribution < -0.4 is 4.74 Å². The average molecular weight is 511 g/mol. The van der Waals surface area contributed by atoms with Crippen LogP contribution in [0.1, 0.15) is 89.2 Å². The van der Waals surface area contributed by atoms with Gasteiger partial charge in [-0.25, -0.2) is 0 Å². The Morgan fingerprint density at radius 3 is 2.00 bits per heavy atom. The van der Waals surface area contributed by atoms with Gasteiger partial charge in [0.25, 0.3) is 0 Å². The molecule has 2 aromatic rings. The van der Waals surface area contributed by atoms with Gasteiger partial charge in [0.15, 0.2) is 0 Å². The van der Waals surface area contributed by atoms with Crippen molar-refractivity contribution in [1.29, 1.82) is 0 Å². The fourth-order valence-electron chi connectivity index (χ4n) is 4.92. The van der Waals surface area contributed by atoms with Crippen LogP contribution in [-0.2, 0) is 22.5 Å². The molecule has 0 aliphatic carbocycles. The van der Waals surface area contributed by atoms with E-state index in [-0.39, 0.29) is 18.5 Å². The molecule has 1 unspecified atom stereocenters. The van der Waals surface area contributed by atoms with Gasteiger partial charge >= 0.3 is 5.97 Å². The molecule has 37 heavy (non-hydrogen) atoms. The van der Waals surface area contributed by atoms with E-state index in [0.717, 1.165) is 36.2 Å². The number of quaternary nitrogens is 1. The van der Waals surface area contributed by atoms with E-state index in [4.69, 9.17) is 9.47 Å². The van der Waals surface area contributed by atoms with Gasteiger partial charge in [-0.3, -0.25) is 4.79 Å². The maximum Gasteiger partial charge on any atom is 0.314 e. The molecule has 2 rings (SSSR count). The molecule has 0 amide bonds. The van der Waals surface area contributed by atoms with Crippen molar-refractivity contribution in [3.05, 3.63) is 65.7 Å². The molecule has 1 atom stereocenters. The van der Waals surface area contributed by atoms with E-state index in [2.05, 4.69) is 64.3 Å². The Morgan fingerprint density at radius 2 is 1.38 bits per heavy atom. The number of carbonyl (C=O) groups excluding carboxylic acids is 1. The van der Waals surface area contributed by atoms with Crippen LogP contribution in [0.15, 0.2) is 54.6 Å². The fraction of sp³-hybridized carbons (Fsp3) is 0.606. The van der Waals surface area contributed by atoms with Crippen molar-refractivity contribution in [1.82, 2.24) is 0 Å². The molecule has 4 heteroatoms. The van der Waals surface area contributed by atoms with Crippen molar-refractivity contribution in [2.75, 3.05) is 33.9 Å². The SMILES string of the molecule is CCCCCCCCCCCc1ccc(OCCOC(=O)C(CC)C[N+](C)(C)Cc2ccccc2)cc1. The van der Waals surface area contributed by atoms with Crippen LogP contribution in [0, 0.1) is 5.92 Å². The first-order valence-corrected chi connectivity index (χ1v) is 14.7. The lowest BCUT2D eigenvalue weighted by atomic mass is 10.0. The standard InChI is InChI=1S/C33H52NO3/c1-5-7-8-9-10-11-12-13-15-18-29-21-23-32(24-22-29)36-25-26-37-33(35)31(6-2)28-34(3,4)27-30-19-16-14-17-20-30/h14,16-17,19-24,31H,5-13,15,18,25-28H2,1-4H3/q+1. The molecular formula is C33H52NO3+. The Labute approximate surface area is 227 Å². The molecular weight excluding hydrogens is 458 g/mol. The topological polar surface area (TPSA) is 35.5 Å². The Hall–Kier alpha value is -2.33. The third-order valence-electron chi connectivity index (χ3n) is 7.08. The number of ether oxygens (including phenoxy) is 2. The number of benzene rings is 2. The van der Waals surface area contributed by atoms with Crippen molar-refractivity contribution >= 4 is 5.97 Å². The van der Waals surface area contributed by atoms with Crippen molar-refractivity contribution in [2.45, 2.75) is 91.0 Å². The van der Waals surface area contributed by atoms with Gasteiger partial charge < -0.3 is 14.0 Å². The van der Waals surface area contributed by atoms with E-state index in [9.17, 15) is 4.79 Å². The van der Waals surface area contributed by atoms with Gasteiger partial charge in [0.2, 0.25) is 0 Å². The Bertz CT molecular complexity index is 848. The molecule has 0 aromatic heterocycles. The van der Waals surface area contributed by atoms with Crippen LogP contribution >= 0.6 is 0 Å². The summed E-state index contributed by atoms with van der Waals surface area (Å²) in [6, 6.07) is 18.8. The second-order valence-electron chi connectivity index (χ2n) is 11.1. The van der Waals surface area contributed by atoms with E-state index in [1.807, 2.05) is 18.2 Å². The smallest absolute Gasteiger partial charge is 0.314 e. The summed E-state index contributed by atoms with van der Waals surface area (Å²) in [6.45, 7) is 6.63. The number of carbonyl (C=O) groups is 1. The highest BCUT2D eigenvalue weighted by atomic mass is 16.6. The summed E-state index contributed by atoms with van der Waals surface area (Å²) in [7, 11) is 4.34. The van der Waals surface area contributed by atoms with Gasteiger partial charge in [-0.1, -0.05) is 108 Å². The summed E-state index contributed by atoms with van der Waals surface area (Å²) in [5, 5.41) is 0. The van der Waals surface area contributed by atoms with Gasteiger partial charge in [0.1, 0.15) is 31.4 Å². The second-order valence-corrected chi connectivity index (χ2v) is 11.1. The lowest BCUT2D eigenvalue weighted by molar-refractivity contribution is -0.906. The predicted octanol–water partition coefficient (Wildman–Crippen LogP) is 7.98. The highest BCUT2D eigenvalue weighted by Crippen LogP contribution is 2.17. The second kappa shape index (κ2) is 18.0. The third-order valence-corrected chi connectivity index (χ3v) is 7.08. The number of hydrogen-bond donors (Lipinski definition) is 0. The van der Waals surface area contributed by atoms with E-state index in [1.165, 1.54) is 68.9 Å². The molecule has 4 nitrogen and oxygen atoms in total. The third kappa shape index (κ3) is 13.7. The normalized spacial score (nSPS) is 12.3. The van der Waals surface area contributed by atoms with E-state index < -0.39 is 0 Å². The molecule has 206 valence electrons. The molecule has 0 aliphatic rings. The van der Waals surface area contributed by atoms with Crippen LogP contribution in [0.4, 0.5) is 0 Å². The zero-order valence-corrected chi connectivity index (χ0v) is 24.1. The minimum Gasteiger partial charge on any atom is -0.490 e. The Kier molecular flexibility index (Phi) is 15.0. The molecule has 0 radical (unpaired) electrons. The van der Waals surface area contributed by atoms with Crippen LogP contribution in [0.25, 0.3) is 0 Å². The lowest BCUT2D eigenvalue weighted by Crippen LogP contribution is -2.44. The Balaban J connectivity index is 1.60. The molecule has 0 saturated heterocycles. The molecule has 0 bridgehead atoms. The number of rotatable bonds is 20. The number of hydrogen-bond acceptors (Lipinski definition) is 3. The van der Waals surface area contributed by atoms with Crippen molar-refractivity contribution in [2.24, 2.45) is 5.92 Å². The maximum atomic E-state index is 12.7. The van der Waals surface area contributed by atoms with Crippen LogP contribution in [0.5, 0.6) is 5.75 Å². The minimum absolute atomic E-state index is 0.112. The number of nitrogens with zero attached hydrogens (tertiary/aromatic N) is 1. The monoisotopic (exact) mass is 510 g/mol. The number of aryl methyl sites for hydroxylation is 1. The number of esters is 1. The quantitative estimate of drug-likeness (QED) is 0.103. The first kappa shape index (κ1) is 30.9. The van der Waals surface area contributed by atoms with Crippen LogP contribution in [0.2, 0.25) is 0 Å². The summed E-state index contributed by atoms with van der Waals surface area (Å²) in [6.07, 6.45) is 14.1. The van der Waals surface area contributed by atoms with Gasteiger partial charge in [0, 0.05) is 5.56 Å². The van der Waals surface area contributed by atoms with Gasteiger partial charge in [-0.15, -0.1) is 0 Å². The van der Waals surface area contributed by atoms with Gasteiger partial charge in [0.05, 0.1) is 20.6 Å². The summed E-state index contributed by atoms with van der Waals surface area (Å²) in [4.78, 5) is 12.7. The lowest BCUT2D eigenvalue weighted by Gasteiger charge is -2.32. The summed E-state index contributed by atoms with van der Waals surface area (Å²) < 4.78 is 12.1. The first-order chi connectivity index (χ1) is 17.9. The highest BCUT2D eigenvalue weighted by molar-refractivity contribution is 5.72. The molecule has 0 spiro atoms. The molecule has 0 heterocycles.